The summed E-state index contributed by atoms with van der Waals surface area (Å²) in [5.41, 5.74) is 0. The number of nitrogens with one attached hydrogen (secondary N) is 3. The number of halogens is 2. The number of rotatable bonds is 7. The van der Waals surface area contributed by atoms with Gasteiger partial charge in [-0.15, -0.1) is 24.0 Å². The maximum absolute atomic E-state index is 12.1. The number of hydrogen-bond acceptors (Lipinski definition) is 4. The van der Waals surface area contributed by atoms with Gasteiger partial charge in [-0.3, -0.25) is 9.79 Å². The monoisotopic (exact) mass is 548 g/mol. The Morgan fingerprint density at radius 2 is 2.00 bits per heavy atom. The van der Waals surface area contributed by atoms with Crippen LogP contribution in [0.4, 0.5) is 5.82 Å². The van der Waals surface area contributed by atoms with E-state index in [-0.39, 0.29) is 35.9 Å². The van der Waals surface area contributed by atoms with Crippen molar-refractivity contribution in [2.75, 3.05) is 38.1 Å². The lowest BCUT2D eigenvalue weighted by molar-refractivity contribution is -0.122. The molecule has 3 N–H and O–H groups in total. The third kappa shape index (κ3) is 7.76. The summed E-state index contributed by atoms with van der Waals surface area (Å²) >= 11 is 6.26. The summed E-state index contributed by atoms with van der Waals surface area (Å²) in [5.74, 6) is 2.33. The molecule has 2 fully saturated rings. The standard InChI is InChI=1S/C21H33ClN6O.HI/c1-23-21(26-12-11-24-19(29)14-16-6-3-2-4-7-16)27-17-9-13-28(15-17)20-18(22)8-5-10-25-20;/h5,8,10,16-17H,2-4,6-7,9,11-15H2,1H3,(H,24,29)(H2,23,26,27);1H. The predicted molar refractivity (Wildman–Crippen MR) is 134 cm³/mol. The van der Waals surface area contributed by atoms with Gasteiger partial charge in [-0.2, -0.15) is 0 Å². The second kappa shape index (κ2) is 13.2. The molecule has 2 heterocycles. The first-order chi connectivity index (χ1) is 14.2. The molecular weight excluding hydrogens is 515 g/mol. The molecule has 0 radical (unpaired) electrons. The van der Waals surface area contributed by atoms with Gasteiger partial charge in [0.05, 0.1) is 5.02 Å². The Hall–Kier alpha value is -1.29. The molecule has 9 heteroatoms. The Kier molecular flexibility index (Phi) is 11.0. The van der Waals surface area contributed by atoms with E-state index in [4.69, 9.17) is 11.6 Å². The molecule has 1 unspecified atom stereocenters. The lowest BCUT2D eigenvalue weighted by atomic mass is 9.87. The molecule has 2 aliphatic rings. The van der Waals surface area contributed by atoms with Crippen molar-refractivity contribution in [1.29, 1.82) is 0 Å². The molecule has 1 aliphatic carbocycles. The molecule has 0 spiro atoms. The van der Waals surface area contributed by atoms with Gasteiger partial charge in [0.15, 0.2) is 5.96 Å². The first-order valence-corrected chi connectivity index (χ1v) is 11.1. The van der Waals surface area contributed by atoms with Crippen LogP contribution in [0.15, 0.2) is 23.3 Å². The fourth-order valence-electron chi connectivity index (χ4n) is 4.18. The number of hydrogen-bond donors (Lipinski definition) is 3. The molecule has 1 atom stereocenters. The van der Waals surface area contributed by atoms with Gasteiger partial charge in [-0.1, -0.05) is 30.9 Å². The SMILES string of the molecule is CN=C(NCCNC(=O)CC1CCCCC1)NC1CCN(c2ncccc2Cl)C1.I. The summed E-state index contributed by atoms with van der Waals surface area (Å²) in [6, 6.07) is 3.99. The zero-order valence-electron chi connectivity index (χ0n) is 17.7. The van der Waals surface area contributed by atoms with Crippen LogP contribution in [-0.2, 0) is 4.79 Å². The summed E-state index contributed by atoms with van der Waals surface area (Å²) < 4.78 is 0. The summed E-state index contributed by atoms with van der Waals surface area (Å²) in [4.78, 5) is 23.0. The average molecular weight is 549 g/mol. The van der Waals surface area contributed by atoms with E-state index in [1.807, 2.05) is 12.1 Å². The molecule has 0 aromatic carbocycles. The van der Waals surface area contributed by atoms with Crippen molar-refractivity contribution in [2.24, 2.45) is 10.9 Å². The van der Waals surface area contributed by atoms with E-state index in [1.165, 1.54) is 32.1 Å². The molecule has 0 bridgehead atoms. The summed E-state index contributed by atoms with van der Waals surface area (Å²) in [5, 5.41) is 10.4. The Bertz CT molecular complexity index is 698. The summed E-state index contributed by atoms with van der Waals surface area (Å²) in [7, 11) is 1.76. The average Bonchev–Trinajstić information content (AvgIpc) is 3.19. The molecule has 1 aromatic rings. The number of anilines is 1. The first-order valence-electron chi connectivity index (χ1n) is 10.7. The highest BCUT2D eigenvalue weighted by molar-refractivity contribution is 14.0. The second-order valence-electron chi connectivity index (χ2n) is 7.94. The number of nitrogens with zero attached hydrogens (tertiary/aromatic N) is 3. The highest BCUT2D eigenvalue weighted by Crippen LogP contribution is 2.26. The van der Waals surface area contributed by atoms with Crippen molar-refractivity contribution in [3.8, 4) is 0 Å². The Labute approximate surface area is 201 Å². The number of pyridine rings is 1. The van der Waals surface area contributed by atoms with E-state index in [0.29, 0.717) is 30.5 Å². The van der Waals surface area contributed by atoms with Gasteiger partial charge >= 0.3 is 0 Å². The minimum Gasteiger partial charge on any atom is -0.355 e. The number of carbonyl (C=O) groups is 1. The smallest absolute Gasteiger partial charge is 0.220 e. The van der Waals surface area contributed by atoms with E-state index in [2.05, 4.69) is 30.8 Å². The topological polar surface area (TPSA) is 81.6 Å². The van der Waals surface area contributed by atoms with Gasteiger partial charge in [0, 0.05) is 51.9 Å². The molecular formula is C21H34ClIN6O. The molecule has 3 rings (SSSR count). The van der Waals surface area contributed by atoms with E-state index in [9.17, 15) is 4.79 Å². The van der Waals surface area contributed by atoms with Crippen molar-refractivity contribution < 1.29 is 4.79 Å². The quantitative estimate of drug-likeness (QED) is 0.211. The van der Waals surface area contributed by atoms with Gasteiger partial charge in [0.1, 0.15) is 5.82 Å². The Morgan fingerprint density at radius 1 is 1.23 bits per heavy atom. The normalized spacial score (nSPS) is 19.9. The van der Waals surface area contributed by atoms with Crippen LogP contribution >= 0.6 is 35.6 Å². The fraction of sp³-hybridized carbons (Fsp3) is 0.667. The predicted octanol–water partition coefficient (Wildman–Crippen LogP) is 3.18. The van der Waals surface area contributed by atoms with Crippen LogP contribution in [0.1, 0.15) is 44.9 Å². The molecule has 7 nitrogen and oxygen atoms in total. The largest absolute Gasteiger partial charge is 0.355 e. The lowest BCUT2D eigenvalue weighted by Gasteiger charge is -2.21. The van der Waals surface area contributed by atoms with Crippen molar-refractivity contribution in [3.63, 3.8) is 0 Å². The lowest BCUT2D eigenvalue weighted by Crippen LogP contribution is -2.46. The minimum absolute atomic E-state index is 0. The van der Waals surface area contributed by atoms with E-state index < -0.39 is 0 Å². The van der Waals surface area contributed by atoms with Crippen LogP contribution in [0.2, 0.25) is 5.02 Å². The van der Waals surface area contributed by atoms with E-state index in [0.717, 1.165) is 31.3 Å². The maximum Gasteiger partial charge on any atom is 0.220 e. The Balaban J connectivity index is 0.00000320. The van der Waals surface area contributed by atoms with Crippen molar-refractivity contribution in [3.05, 3.63) is 23.4 Å². The molecule has 1 aliphatic heterocycles. The van der Waals surface area contributed by atoms with Crippen molar-refractivity contribution >= 4 is 53.3 Å². The van der Waals surface area contributed by atoms with Gasteiger partial charge in [0.2, 0.25) is 5.91 Å². The highest BCUT2D eigenvalue weighted by atomic mass is 127. The molecule has 30 heavy (non-hydrogen) atoms. The van der Waals surface area contributed by atoms with Crippen molar-refractivity contribution in [1.82, 2.24) is 20.9 Å². The van der Waals surface area contributed by atoms with Crippen LogP contribution in [0.5, 0.6) is 0 Å². The van der Waals surface area contributed by atoms with Gasteiger partial charge in [-0.05, 0) is 37.3 Å². The zero-order valence-corrected chi connectivity index (χ0v) is 20.8. The first kappa shape index (κ1) is 25.0. The third-order valence-corrected chi connectivity index (χ3v) is 6.02. The number of aromatic nitrogens is 1. The second-order valence-corrected chi connectivity index (χ2v) is 8.35. The fourth-order valence-corrected chi connectivity index (χ4v) is 4.42. The maximum atomic E-state index is 12.1. The number of aliphatic imine (C=N–C) groups is 1. The molecule has 1 saturated carbocycles. The number of carbonyl (C=O) groups excluding carboxylic acids is 1. The summed E-state index contributed by atoms with van der Waals surface area (Å²) in [6.07, 6.45) is 9.69. The summed E-state index contributed by atoms with van der Waals surface area (Å²) in [6.45, 7) is 2.99. The zero-order chi connectivity index (χ0) is 20.5. The molecule has 1 saturated heterocycles. The van der Waals surface area contributed by atoms with Crippen molar-refractivity contribution in [2.45, 2.75) is 51.0 Å². The van der Waals surface area contributed by atoms with Gasteiger partial charge < -0.3 is 20.9 Å². The van der Waals surface area contributed by atoms with Crippen LogP contribution in [0.25, 0.3) is 0 Å². The molecule has 1 aromatic heterocycles. The van der Waals surface area contributed by atoms with Crippen LogP contribution in [0.3, 0.4) is 0 Å². The number of guanidine groups is 1. The van der Waals surface area contributed by atoms with Crippen LogP contribution in [0, 0.1) is 5.92 Å². The minimum atomic E-state index is 0. The Morgan fingerprint density at radius 3 is 2.73 bits per heavy atom. The molecule has 168 valence electrons. The van der Waals surface area contributed by atoms with Crippen LogP contribution in [-0.4, -0.2) is 56.1 Å². The van der Waals surface area contributed by atoms with Gasteiger partial charge in [0.25, 0.3) is 0 Å². The molecule has 1 amide bonds. The third-order valence-electron chi connectivity index (χ3n) is 5.73. The van der Waals surface area contributed by atoms with Crippen LogP contribution < -0.4 is 20.9 Å². The number of amides is 1. The highest BCUT2D eigenvalue weighted by Gasteiger charge is 2.25. The van der Waals surface area contributed by atoms with E-state index in [1.54, 1.807) is 13.2 Å². The van der Waals surface area contributed by atoms with E-state index >= 15 is 0 Å². The van der Waals surface area contributed by atoms with Gasteiger partial charge in [-0.25, -0.2) is 4.98 Å².